The minimum absolute atomic E-state index is 0.155. The summed E-state index contributed by atoms with van der Waals surface area (Å²) in [5.41, 5.74) is 3.12. The van der Waals surface area contributed by atoms with Crippen molar-refractivity contribution in [3.63, 3.8) is 0 Å². The first-order valence-corrected chi connectivity index (χ1v) is 6.52. The zero-order valence-electron chi connectivity index (χ0n) is 12.9. The summed E-state index contributed by atoms with van der Waals surface area (Å²) < 4.78 is 10.4. The molecule has 0 aliphatic carbocycles. The molecule has 0 unspecified atom stereocenters. The molecule has 1 rings (SSSR count). The quantitative estimate of drug-likeness (QED) is 0.473. The smallest absolute Gasteiger partial charge is 0.338 e. The van der Waals surface area contributed by atoms with Gasteiger partial charge in [-0.25, -0.2) is 9.59 Å². The number of benzene rings is 1. The molecule has 0 spiro atoms. The third-order valence-electron chi connectivity index (χ3n) is 2.78. The summed E-state index contributed by atoms with van der Waals surface area (Å²) >= 11 is 0. The Balaban J connectivity index is 2.89. The summed E-state index contributed by atoms with van der Waals surface area (Å²) in [6.07, 6.45) is 0. The second-order valence-electron chi connectivity index (χ2n) is 5.09. The largest absolute Gasteiger partial charge is 0.457 e. The molecule has 1 aromatic rings. The molecule has 0 heterocycles. The van der Waals surface area contributed by atoms with Crippen LogP contribution in [0.2, 0.25) is 0 Å². The Labute approximate surface area is 125 Å². The highest BCUT2D eigenvalue weighted by molar-refractivity contribution is 5.89. The maximum absolute atomic E-state index is 11.6. The van der Waals surface area contributed by atoms with Crippen molar-refractivity contribution >= 4 is 11.9 Å². The zero-order chi connectivity index (χ0) is 16.2. The highest BCUT2D eigenvalue weighted by atomic mass is 16.5. The summed E-state index contributed by atoms with van der Waals surface area (Å²) in [6, 6.07) is 3.64. The van der Waals surface area contributed by atoms with Crippen molar-refractivity contribution in [1.82, 2.24) is 0 Å². The van der Waals surface area contributed by atoms with Crippen molar-refractivity contribution in [1.29, 1.82) is 0 Å². The molecule has 1 aromatic carbocycles. The van der Waals surface area contributed by atoms with Crippen molar-refractivity contribution in [2.45, 2.75) is 34.3 Å². The number of ether oxygens (including phenoxy) is 2. The van der Waals surface area contributed by atoms with Crippen LogP contribution < -0.4 is 4.74 Å². The summed E-state index contributed by atoms with van der Waals surface area (Å²) in [5.74, 6) is -0.372. The van der Waals surface area contributed by atoms with E-state index in [0.717, 1.165) is 16.7 Å². The second-order valence-corrected chi connectivity index (χ2v) is 5.09. The van der Waals surface area contributed by atoms with Crippen molar-refractivity contribution in [2.75, 3.05) is 0 Å². The molecule has 0 aromatic heterocycles. The molecule has 0 N–H and O–H groups in total. The highest BCUT2D eigenvalue weighted by Gasteiger charge is 2.13. The number of aryl methyl sites for hydroxylation is 2. The molecule has 4 nitrogen and oxygen atoms in total. The molecular formula is C17H20O4. The molecule has 0 aliphatic heterocycles. The Morgan fingerprint density at radius 3 is 1.90 bits per heavy atom. The number of esters is 2. The molecule has 0 aliphatic rings. The molecule has 0 amide bonds. The van der Waals surface area contributed by atoms with Crippen LogP contribution in [0.1, 0.15) is 30.5 Å². The summed E-state index contributed by atoms with van der Waals surface area (Å²) in [5, 5.41) is 0. The van der Waals surface area contributed by atoms with E-state index in [1.54, 1.807) is 13.8 Å². The molecular weight excluding hydrogens is 268 g/mol. The fourth-order valence-corrected chi connectivity index (χ4v) is 1.74. The van der Waals surface area contributed by atoms with Gasteiger partial charge in [0.25, 0.3) is 0 Å². The third kappa shape index (κ3) is 4.60. The standard InChI is InChI=1S/C17H20O4/c1-10(2)16(18)20-9-14-7-12(5)15(13(6)8-14)21-17(19)11(3)4/h7-8H,1,3,9H2,2,4-6H3. The van der Waals surface area contributed by atoms with Crippen LogP contribution in [0, 0.1) is 13.8 Å². The molecule has 4 heteroatoms. The van der Waals surface area contributed by atoms with Crippen LogP contribution in [0.3, 0.4) is 0 Å². The minimum atomic E-state index is -0.456. The first-order valence-electron chi connectivity index (χ1n) is 6.52. The van der Waals surface area contributed by atoms with Gasteiger partial charge in [0.2, 0.25) is 0 Å². The molecule has 0 atom stereocenters. The van der Waals surface area contributed by atoms with E-state index in [-0.39, 0.29) is 6.61 Å². The first kappa shape index (κ1) is 16.7. The number of hydrogen-bond donors (Lipinski definition) is 0. The van der Waals surface area contributed by atoms with E-state index in [2.05, 4.69) is 13.2 Å². The van der Waals surface area contributed by atoms with Crippen LogP contribution in [-0.2, 0) is 20.9 Å². The Kier molecular flexibility index (Phi) is 5.47. The summed E-state index contributed by atoms with van der Waals surface area (Å²) in [4.78, 5) is 23.0. The van der Waals surface area contributed by atoms with Crippen LogP contribution in [0.25, 0.3) is 0 Å². The van der Waals surface area contributed by atoms with E-state index in [4.69, 9.17) is 9.47 Å². The van der Waals surface area contributed by atoms with E-state index < -0.39 is 11.9 Å². The van der Waals surface area contributed by atoms with Gasteiger partial charge in [-0.15, -0.1) is 0 Å². The molecule has 0 saturated carbocycles. The van der Waals surface area contributed by atoms with Crippen LogP contribution in [0.5, 0.6) is 5.75 Å². The SMILES string of the molecule is C=C(C)C(=O)OCc1cc(C)c(OC(=O)C(=C)C)c(C)c1. The topological polar surface area (TPSA) is 52.6 Å². The molecule has 21 heavy (non-hydrogen) atoms. The maximum atomic E-state index is 11.6. The van der Waals surface area contributed by atoms with Crippen LogP contribution in [0.4, 0.5) is 0 Å². The van der Waals surface area contributed by atoms with Crippen molar-refractivity contribution in [3.8, 4) is 5.75 Å². The number of carbonyl (C=O) groups is 2. The Morgan fingerprint density at radius 2 is 1.48 bits per heavy atom. The van der Waals surface area contributed by atoms with E-state index in [0.29, 0.717) is 16.9 Å². The van der Waals surface area contributed by atoms with E-state index in [9.17, 15) is 9.59 Å². The lowest BCUT2D eigenvalue weighted by atomic mass is 10.1. The predicted molar refractivity (Wildman–Crippen MR) is 81.0 cm³/mol. The van der Waals surface area contributed by atoms with Gasteiger partial charge in [0.15, 0.2) is 0 Å². The normalized spacial score (nSPS) is 9.90. The van der Waals surface area contributed by atoms with Crippen LogP contribution in [0.15, 0.2) is 36.4 Å². The minimum Gasteiger partial charge on any atom is -0.457 e. The lowest BCUT2D eigenvalue weighted by Crippen LogP contribution is -2.11. The summed E-state index contributed by atoms with van der Waals surface area (Å²) in [6.45, 7) is 14.1. The lowest BCUT2D eigenvalue weighted by Gasteiger charge is -2.13. The van der Waals surface area contributed by atoms with Crippen molar-refractivity contribution in [3.05, 3.63) is 53.1 Å². The fraction of sp³-hybridized carbons (Fsp3) is 0.294. The third-order valence-corrected chi connectivity index (χ3v) is 2.78. The van der Waals surface area contributed by atoms with Gasteiger partial charge in [0, 0.05) is 11.1 Å². The zero-order valence-corrected chi connectivity index (χ0v) is 12.9. The second kappa shape index (κ2) is 6.88. The molecule has 0 bridgehead atoms. The van der Waals surface area contributed by atoms with E-state index in [1.807, 2.05) is 26.0 Å². The fourth-order valence-electron chi connectivity index (χ4n) is 1.74. The van der Waals surface area contributed by atoms with Gasteiger partial charge in [-0.2, -0.15) is 0 Å². The predicted octanol–water partition coefficient (Wildman–Crippen LogP) is 3.40. The van der Waals surface area contributed by atoms with Gasteiger partial charge in [0.1, 0.15) is 12.4 Å². The van der Waals surface area contributed by atoms with Gasteiger partial charge < -0.3 is 9.47 Å². The monoisotopic (exact) mass is 288 g/mol. The van der Waals surface area contributed by atoms with Crippen molar-refractivity contribution < 1.29 is 19.1 Å². The van der Waals surface area contributed by atoms with Crippen LogP contribution in [-0.4, -0.2) is 11.9 Å². The number of carbonyl (C=O) groups excluding carboxylic acids is 2. The van der Waals surface area contributed by atoms with E-state index >= 15 is 0 Å². The van der Waals surface area contributed by atoms with Crippen LogP contribution >= 0.6 is 0 Å². The van der Waals surface area contributed by atoms with Gasteiger partial charge in [0.05, 0.1) is 0 Å². The molecule has 0 radical (unpaired) electrons. The highest BCUT2D eigenvalue weighted by Crippen LogP contribution is 2.26. The molecule has 0 fully saturated rings. The van der Waals surface area contributed by atoms with Gasteiger partial charge in [-0.1, -0.05) is 13.2 Å². The van der Waals surface area contributed by atoms with Gasteiger partial charge >= 0.3 is 11.9 Å². The molecule has 0 saturated heterocycles. The Bertz CT molecular complexity index is 588. The Hall–Kier alpha value is -2.36. The van der Waals surface area contributed by atoms with E-state index in [1.165, 1.54) is 0 Å². The van der Waals surface area contributed by atoms with Crippen molar-refractivity contribution in [2.24, 2.45) is 0 Å². The van der Waals surface area contributed by atoms with Gasteiger partial charge in [-0.05, 0) is 56.5 Å². The maximum Gasteiger partial charge on any atom is 0.338 e. The Morgan fingerprint density at radius 1 is 1.00 bits per heavy atom. The average molecular weight is 288 g/mol. The molecule has 112 valence electrons. The number of hydrogen-bond acceptors (Lipinski definition) is 4. The average Bonchev–Trinajstić information content (AvgIpc) is 2.39. The van der Waals surface area contributed by atoms with Gasteiger partial charge in [-0.3, -0.25) is 0 Å². The number of rotatable bonds is 5. The first-order chi connectivity index (χ1) is 9.72. The lowest BCUT2D eigenvalue weighted by molar-refractivity contribution is -0.140. The summed E-state index contributed by atoms with van der Waals surface area (Å²) in [7, 11) is 0.